The van der Waals surface area contributed by atoms with Crippen molar-refractivity contribution >= 4 is 34.6 Å². The predicted molar refractivity (Wildman–Crippen MR) is 127 cm³/mol. The van der Waals surface area contributed by atoms with Gasteiger partial charge >= 0.3 is 0 Å². The molecule has 1 heterocycles. The zero-order valence-corrected chi connectivity index (χ0v) is 18.8. The highest BCUT2D eigenvalue weighted by atomic mass is 16.6. The summed E-state index contributed by atoms with van der Waals surface area (Å²) in [6.45, 7) is 3.90. The van der Waals surface area contributed by atoms with E-state index in [1.165, 1.54) is 0 Å². The van der Waals surface area contributed by atoms with Gasteiger partial charge < -0.3 is 15.0 Å². The number of hydrogen-bond donors (Lipinski definition) is 1. The van der Waals surface area contributed by atoms with E-state index in [9.17, 15) is 29.8 Å². The molecule has 1 atom stereocenters. The van der Waals surface area contributed by atoms with E-state index in [2.05, 4.69) is 5.32 Å². The number of hydrogen-bond acceptors (Lipinski definition) is 7. The maximum Gasteiger partial charge on any atom is 0.277 e. The number of nitrogens with one attached hydrogen (secondary N) is 1. The second-order valence-corrected chi connectivity index (χ2v) is 8.06. The third-order valence-electron chi connectivity index (χ3n) is 5.47. The van der Waals surface area contributed by atoms with Gasteiger partial charge in [-0.2, -0.15) is 0 Å². The molecule has 35 heavy (non-hydrogen) atoms. The maximum atomic E-state index is 12.9. The van der Waals surface area contributed by atoms with Crippen LogP contribution in [0.4, 0.5) is 22.7 Å². The third-order valence-corrected chi connectivity index (χ3v) is 5.47. The van der Waals surface area contributed by atoms with E-state index in [-0.39, 0.29) is 23.7 Å². The van der Waals surface area contributed by atoms with Crippen LogP contribution in [0.5, 0.6) is 5.75 Å². The Morgan fingerprint density at radius 2 is 1.63 bits per heavy atom. The molecule has 11 heteroatoms. The minimum atomic E-state index is -0.810. The molecule has 1 unspecified atom stereocenters. The molecule has 1 aliphatic heterocycles. The number of fused-ring (bicyclic) bond motifs is 1. The summed E-state index contributed by atoms with van der Waals surface area (Å²) in [6, 6.07) is 15.1. The summed E-state index contributed by atoms with van der Waals surface area (Å²) in [7, 11) is 0. The van der Waals surface area contributed by atoms with Gasteiger partial charge in [-0.15, -0.1) is 0 Å². The lowest BCUT2D eigenvalue weighted by Crippen LogP contribution is -2.44. The highest BCUT2D eigenvalue weighted by Gasteiger charge is 2.32. The van der Waals surface area contributed by atoms with Gasteiger partial charge in [-0.05, 0) is 37.6 Å². The standard InChI is InChI=1S/C24H20N4O7/c1-14-3-5-16(6-4-14)13-26-21-11-18(7-8-22(21)35-15(2)24(26)30)25-23(29)17-9-19(27(31)32)12-20(10-17)28(33)34/h3-12,15H,13H2,1-2H3,(H,25,29). The van der Waals surface area contributed by atoms with E-state index in [1.807, 2.05) is 31.2 Å². The molecule has 1 N–H and O–H groups in total. The van der Waals surface area contributed by atoms with Crippen molar-refractivity contribution in [3.05, 3.63) is 97.6 Å². The Labute approximate surface area is 199 Å². The molecular weight excluding hydrogens is 456 g/mol. The molecule has 0 bridgehead atoms. The summed E-state index contributed by atoms with van der Waals surface area (Å²) < 4.78 is 5.71. The van der Waals surface area contributed by atoms with Crippen LogP contribution in [0.2, 0.25) is 0 Å². The van der Waals surface area contributed by atoms with Gasteiger partial charge in [0.1, 0.15) is 5.75 Å². The van der Waals surface area contributed by atoms with Crippen molar-refractivity contribution in [1.29, 1.82) is 0 Å². The predicted octanol–water partition coefficient (Wildman–Crippen LogP) is 4.38. The topological polar surface area (TPSA) is 145 Å². The van der Waals surface area contributed by atoms with Gasteiger partial charge in [-0.1, -0.05) is 29.8 Å². The number of amides is 2. The first-order valence-electron chi connectivity index (χ1n) is 10.6. The van der Waals surface area contributed by atoms with Crippen molar-refractivity contribution in [2.45, 2.75) is 26.5 Å². The molecule has 0 fully saturated rings. The number of benzene rings is 3. The highest BCUT2D eigenvalue weighted by molar-refractivity contribution is 6.06. The molecule has 0 radical (unpaired) electrons. The Morgan fingerprint density at radius 1 is 1.00 bits per heavy atom. The molecule has 11 nitrogen and oxygen atoms in total. The molecule has 1 aliphatic rings. The average molecular weight is 476 g/mol. The van der Waals surface area contributed by atoms with Gasteiger partial charge in [0.25, 0.3) is 23.2 Å². The maximum absolute atomic E-state index is 12.9. The van der Waals surface area contributed by atoms with E-state index in [4.69, 9.17) is 4.74 Å². The fourth-order valence-corrected chi connectivity index (χ4v) is 3.66. The van der Waals surface area contributed by atoms with E-state index in [0.29, 0.717) is 11.4 Å². The van der Waals surface area contributed by atoms with Crippen LogP contribution in [0.25, 0.3) is 0 Å². The van der Waals surface area contributed by atoms with Crippen molar-refractivity contribution in [2.24, 2.45) is 0 Å². The largest absolute Gasteiger partial charge is 0.479 e. The fourth-order valence-electron chi connectivity index (χ4n) is 3.66. The number of ether oxygens (including phenoxy) is 1. The lowest BCUT2D eigenvalue weighted by atomic mass is 10.1. The number of carbonyl (C=O) groups excluding carboxylic acids is 2. The van der Waals surface area contributed by atoms with Crippen LogP contribution in [-0.2, 0) is 11.3 Å². The van der Waals surface area contributed by atoms with Crippen molar-refractivity contribution in [2.75, 3.05) is 10.2 Å². The number of carbonyl (C=O) groups is 2. The van der Waals surface area contributed by atoms with Gasteiger partial charge in [-0.25, -0.2) is 0 Å². The van der Waals surface area contributed by atoms with Gasteiger partial charge in [0, 0.05) is 17.8 Å². The van der Waals surface area contributed by atoms with Crippen LogP contribution in [0.1, 0.15) is 28.4 Å². The third kappa shape index (κ3) is 4.93. The summed E-state index contributed by atoms with van der Waals surface area (Å²) in [5.74, 6) is -0.581. The van der Waals surface area contributed by atoms with Crippen LogP contribution in [0.15, 0.2) is 60.7 Å². The van der Waals surface area contributed by atoms with Crippen LogP contribution < -0.4 is 15.0 Å². The molecule has 0 aliphatic carbocycles. The molecule has 0 saturated heterocycles. The monoisotopic (exact) mass is 476 g/mol. The second kappa shape index (κ2) is 9.21. The van der Waals surface area contributed by atoms with Gasteiger partial charge in [0.05, 0.1) is 33.7 Å². The lowest BCUT2D eigenvalue weighted by Gasteiger charge is -2.33. The molecule has 0 saturated carbocycles. The summed E-state index contributed by atoms with van der Waals surface area (Å²) in [4.78, 5) is 47.9. The molecule has 2 amide bonds. The van der Waals surface area contributed by atoms with Gasteiger partial charge in [-0.3, -0.25) is 29.8 Å². The Balaban J connectivity index is 1.65. The van der Waals surface area contributed by atoms with Gasteiger partial charge in [0.15, 0.2) is 6.10 Å². The van der Waals surface area contributed by atoms with Crippen LogP contribution in [0, 0.1) is 27.2 Å². The quantitative estimate of drug-likeness (QED) is 0.410. The summed E-state index contributed by atoms with van der Waals surface area (Å²) in [5.41, 5.74) is 1.31. The minimum Gasteiger partial charge on any atom is -0.479 e. The van der Waals surface area contributed by atoms with E-state index >= 15 is 0 Å². The number of anilines is 2. The minimum absolute atomic E-state index is 0.249. The van der Waals surface area contributed by atoms with Crippen molar-refractivity contribution in [3.8, 4) is 5.75 Å². The first-order chi connectivity index (χ1) is 16.6. The number of rotatable bonds is 6. The number of nitrogens with zero attached hydrogens (tertiary/aromatic N) is 3. The van der Waals surface area contributed by atoms with Crippen molar-refractivity contribution < 1.29 is 24.2 Å². The lowest BCUT2D eigenvalue weighted by molar-refractivity contribution is -0.394. The zero-order chi connectivity index (χ0) is 25.3. The highest BCUT2D eigenvalue weighted by Crippen LogP contribution is 2.37. The van der Waals surface area contributed by atoms with Crippen molar-refractivity contribution in [1.82, 2.24) is 0 Å². The second-order valence-electron chi connectivity index (χ2n) is 8.06. The van der Waals surface area contributed by atoms with E-state index < -0.39 is 33.2 Å². The van der Waals surface area contributed by atoms with Crippen molar-refractivity contribution in [3.63, 3.8) is 0 Å². The van der Waals surface area contributed by atoms with Crippen LogP contribution >= 0.6 is 0 Å². The molecule has 0 aromatic heterocycles. The molecule has 178 valence electrons. The molecule has 4 rings (SSSR count). The smallest absolute Gasteiger partial charge is 0.277 e. The fraction of sp³-hybridized carbons (Fsp3) is 0.167. The molecule has 3 aromatic carbocycles. The number of nitro benzene ring substituents is 2. The SMILES string of the molecule is Cc1ccc(CN2C(=O)C(C)Oc3ccc(NC(=O)c4cc([N+](=O)[O-])cc([N+](=O)[O-])c4)cc32)cc1. The summed E-state index contributed by atoms with van der Waals surface area (Å²) >= 11 is 0. The van der Waals surface area contributed by atoms with Crippen LogP contribution in [0.3, 0.4) is 0 Å². The first-order valence-corrected chi connectivity index (χ1v) is 10.6. The summed E-state index contributed by atoms with van der Waals surface area (Å²) in [5, 5.41) is 24.8. The summed E-state index contributed by atoms with van der Waals surface area (Å²) in [6.07, 6.45) is -0.696. The normalized spacial score (nSPS) is 14.6. The van der Waals surface area contributed by atoms with E-state index in [0.717, 1.165) is 29.3 Å². The Hall–Kier alpha value is -4.80. The molecular formula is C24H20N4O7. The number of non-ortho nitro benzene ring substituents is 2. The number of aryl methyl sites for hydroxylation is 1. The van der Waals surface area contributed by atoms with Gasteiger partial charge in [0.2, 0.25) is 0 Å². The number of nitro groups is 2. The zero-order valence-electron chi connectivity index (χ0n) is 18.8. The molecule has 0 spiro atoms. The first kappa shape index (κ1) is 23.4. The Kier molecular flexibility index (Phi) is 6.15. The Bertz CT molecular complexity index is 1320. The van der Waals surface area contributed by atoms with E-state index in [1.54, 1.807) is 30.0 Å². The van der Waals surface area contributed by atoms with Crippen LogP contribution in [-0.4, -0.2) is 27.8 Å². The Morgan fingerprint density at radius 3 is 2.23 bits per heavy atom. The molecule has 3 aromatic rings. The average Bonchev–Trinajstić information content (AvgIpc) is 2.83.